The molecule has 7 atom stereocenters. The zero-order chi connectivity index (χ0) is 26.0. The lowest BCUT2D eigenvalue weighted by molar-refractivity contribution is 0.0132. The standard InChI is InChI=1S/C27H46O/c1-18(2)7-6-8-19(3)23-11-12-24-22-10-9-20-17-21(28)13-15-26(20,4)25(22)14-16-27(23,24)5/h18-21,23-24,28H,6-17H2,1-5H3/t19-,20+,21+,23-,24+,26+,27-/m1/s1/i1D3,2D3,18D. The summed E-state index contributed by atoms with van der Waals surface area (Å²) >= 11 is 0. The molecule has 0 aromatic heterocycles. The van der Waals surface area contributed by atoms with E-state index in [4.69, 9.17) is 9.60 Å². The monoisotopic (exact) mass is 393 g/mol. The van der Waals surface area contributed by atoms with Crippen LogP contribution in [0.4, 0.5) is 0 Å². The summed E-state index contributed by atoms with van der Waals surface area (Å²) in [6.45, 7) is 1.58. The van der Waals surface area contributed by atoms with Gasteiger partial charge in [0.2, 0.25) is 0 Å². The molecule has 1 nitrogen and oxygen atoms in total. The molecule has 0 heterocycles. The highest BCUT2D eigenvalue weighted by molar-refractivity contribution is 5.34. The highest BCUT2D eigenvalue weighted by Crippen LogP contribution is 2.66. The maximum atomic E-state index is 10.3. The van der Waals surface area contributed by atoms with Gasteiger partial charge in [-0.3, -0.25) is 0 Å². The number of hydrogen-bond acceptors (Lipinski definition) is 1. The molecular weight excluding hydrogens is 340 g/mol. The summed E-state index contributed by atoms with van der Waals surface area (Å²) in [6, 6.07) is 0. The van der Waals surface area contributed by atoms with Crippen LogP contribution in [0.1, 0.15) is 121 Å². The highest BCUT2D eigenvalue weighted by Gasteiger charge is 2.55. The molecule has 0 radical (unpaired) electrons. The van der Waals surface area contributed by atoms with E-state index in [2.05, 4.69) is 20.8 Å². The summed E-state index contributed by atoms with van der Waals surface area (Å²) in [5.74, 6) is -0.203. The van der Waals surface area contributed by atoms with Gasteiger partial charge in [0.15, 0.2) is 0 Å². The van der Waals surface area contributed by atoms with Crippen molar-refractivity contribution in [2.24, 2.45) is 40.4 Å². The van der Waals surface area contributed by atoms with Gasteiger partial charge in [-0.1, -0.05) is 64.9 Å². The molecule has 0 bridgehead atoms. The van der Waals surface area contributed by atoms with E-state index in [1.165, 1.54) is 38.5 Å². The Morgan fingerprint density at radius 2 is 1.93 bits per heavy atom. The van der Waals surface area contributed by atoms with Crippen molar-refractivity contribution in [2.75, 3.05) is 0 Å². The van der Waals surface area contributed by atoms with Crippen molar-refractivity contribution >= 4 is 0 Å². The molecule has 0 saturated heterocycles. The van der Waals surface area contributed by atoms with E-state index < -0.39 is 19.6 Å². The number of allylic oxidation sites excluding steroid dienone is 2. The first-order chi connectivity index (χ1) is 16.0. The third kappa shape index (κ3) is 3.42. The first-order valence-corrected chi connectivity index (χ1v) is 11.9. The third-order valence-corrected chi connectivity index (χ3v) is 9.81. The van der Waals surface area contributed by atoms with Crippen LogP contribution in [0, 0.1) is 40.4 Å². The molecule has 1 heteroatoms. The topological polar surface area (TPSA) is 20.2 Å². The Morgan fingerprint density at radius 3 is 2.71 bits per heavy atom. The van der Waals surface area contributed by atoms with Gasteiger partial charge >= 0.3 is 0 Å². The maximum Gasteiger partial charge on any atom is 0.0543 e. The summed E-state index contributed by atoms with van der Waals surface area (Å²) in [5, 5.41) is 10.3. The van der Waals surface area contributed by atoms with Crippen molar-refractivity contribution in [2.45, 2.75) is 118 Å². The van der Waals surface area contributed by atoms with Crippen LogP contribution in [0.3, 0.4) is 0 Å². The minimum Gasteiger partial charge on any atom is -0.393 e. The fraction of sp³-hybridized carbons (Fsp3) is 0.926. The molecule has 2 fully saturated rings. The lowest BCUT2D eigenvalue weighted by atomic mass is 9.50. The molecule has 4 aliphatic carbocycles. The Bertz CT molecular complexity index is 816. The van der Waals surface area contributed by atoms with E-state index in [0.717, 1.165) is 25.7 Å². The SMILES string of the molecule is [2H]C([2H])([2H])C([2H])(CCC[C@@H](C)[C@H]1CC[C@H]2C3=C(CC[C@]12C)[C@@]1(C)CC[C@H](O)C[C@@H]1CC3)C([2H])([2H])[2H]. The highest BCUT2D eigenvalue weighted by atomic mass is 16.3. The molecule has 160 valence electrons. The van der Waals surface area contributed by atoms with Crippen molar-refractivity contribution in [1.82, 2.24) is 0 Å². The third-order valence-electron chi connectivity index (χ3n) is 9.81. The number of fused-ring (bicyclic) bond motifs is 4. The normalized spacial score (nSPS) is 49.2. The van der Waals surface area contributed by atoms with Crippen LogP contribution >= 0.6 is 0 Å². The Kier molecular flexibility index (Phi) is 3.85. The molecule has 28 heavy (non-hydrogen) atoms. The average Bonchev–Trinajstić information content (AvgIpc) is 3.09. The molecule has 1 N–H and O–H groups in total. The van der Waals surface area contributed by atoms with Crippen molar-refractivity contribution in [1.29, 1.82) is 0 Å². The molecule has 2 saturated carbocycles. The van der Waals surface area contributed by atoms with Crippen LogP contribution in [0.25, 0.3) is 0 Å². The summed E-state index contributed by atoms with van der Waals surface area (Å²) in [7, 11) is 0. The van der Waals surface area contributed by atoms with Crippen LogP contribution in [0.15, 0.2) is 11.1 Å². The quantitative estimate of drug-likeness (QED) is 0.478. The van der Waals surface area contributed by atoms with Crippen molar-refractivity contribution < 1.29 is 14.7 Å². The summed E-state index contributed by atoms with van der Waals surface area (Å²) in [5.41, 5.74) is 3.98. The number of aliphatic hydroxyl groups excluding tert-OH is 1. The van der Waals surface area contributed by atoms with Crippen LogP contribution in [-0.4, -0.2) is 11.2 Å². The minimum absolute atomic E-state index is 0.113. The number of rotatable bonds is 5. The lowest BCUT2D eigenvalue weighted by Gasteiger charge is -2.55. The lowest BCUT2D eigenvalue weighted by Crippen LogP contribution is -2.45. The van der Waals surface area contributed by atoms with E-state index in [9.17, 15) is 5.11 Å². The predicted octanol–water partition coefficient (Wildman–Crippen LogP) is 7.53. The zero-order valence-electron chi connectivity index (χ0n) is 25.3. The zero-order valence-corrected chi connectivity index (χ0v) is 18.3. The minimum atomic E-state index is -2.82. The van der Waals surface area contributed by atoms with Crippen molar-refractivity contribution in [3.63, 3.8) is 0 Å². The van der Waals surface area contributed by atoms with Gasteiger partial charge in [0.1, 0.15) is 0 Å². The Labute approximate surface area is 184 Å². The average molecular weight is 394 g/mol. The van der Waals surface area contributed by atoms with Gasteiger partial charge < -0.3 is 5.11 Å². The smallest absolute Gasteiger partial charge is 0.0543 e. The largest absolute Gasteiger partial charge is 0.393 e. The number of aliphatic hydroxyl groups is 1. The van der Waals surface area contributed by atoms with Gasteiger partial charge in [-0.15, -0.1) is 0 Å². The number of hydrogen-bond donors (Lipinski definition) is 1. The second kappa shape index (κ2) is 7.75. The summed E-state index contributed by atoms with van der Waals surface area (Å²) in [4.78, 5) is 0. The van der Waals surface area contributed by atoms with Gasteiger partial charge in [-0.25, -0.2) is 0 Å². The Hall–Kier alpha value is -0.300. The second-order valence-electron chi connectivity index (χ2n) is 11.2. The van der Waals surface area contributed by atoms with E-state index in [-0.39, 0.29) is 23.4 Å². The Balaban J connectivity index is 1.46. The van der Waals surface area contributed by atoms with Crippen molar-refractivity contribution in [3.8, 4) is 0 Å². The van der Waals surface area contributed by atoms with Crippen LogP contribution in [-0.2, 0) is 0 Å². The molecule has 0 spiro atoms. The molecule has 0 aromatic carbocycles. The van der Waals surface area contributed by atoms with Crippen LogP contribution in [0.2, 0.25) is 0 Å². The molecule has 4 rings (SSSR count). The van der Waals surface area contributed by atoms with Gasteiger partial charge in [0.05, 0.1) is 6.10 Å². The fourth-order valence-corrected chi connectivity index (χ4v) is 8.22. The molecule has 0 unspecified atom stereocenters. The first-order valence-electron chi connectivity index (χ1n) is 15.4. The van der Waals surface area contributed by atoms with Gasteiger partial charge in [0, 0.05) is 9.60 Å². The fourth-order valence-electron chi connectivity index (χ4n) is 8.22. The van der Waals surface area contributed by atoms with E-state index >= 15 is 0 Å². The second-order valence-corrected chi connectivity index (χ2v) is 11.2. The predicted molar refractivity (Wildman–Crippen MR) is 119 cm³/mol. The van der Waals surface area contributed by atoms with Gasteiger partial charge in [0.25, 0.3) is 0 Å². The molecular formula is C27H46O. The van der Waals surface area contributed by atoms with Crippen molar-refractivity contribution in [3.05, 3.63) is 11.1 Å². The Morgan fingerprint density at radius 1 is 1.11 bits per heavy atom. The molecule has 0 aromatic rings. The first kappa shape index (κ1) is 13.9. The van der Waals surface area contributed by atoms with Crippen LogP contribution in [0.5, 0.6) is 0 Å². The maximum absolute atomic E-state index is 10.3. The summed E-state index contributed by atoms with van der Waals surface area (Å²) in [6.07, 6.45) is 11.2. The van der Waals surface area contributed by atoms with E-state index in [1.807, 2.05) is 0 Å². The van der Waals surface area contributed by atoms with E-state index in [0.29, 0.717) is 30.1 Å². The molecule has 0 aliphatic heterocycles. The summed E-state index contributed by atoms with van der Waals surface area (Å²) < 4.78 is 54.5. The van der Waals surface area contributed by atoms with Gasteiger partial charge in [-0.05, 0) is 98.2 Å². The van der Waals surface area contributed by atoms with Gasteiger partial charge in [-0.2, -0.15) is 0 Å². The molecule has 0 amide bonds. The van der Waals surface area contributed by atoms with Crippen LogP contribution < -0.4 is 0 Å². The van der Waals surface area contributed by atoms with E-state index in [1.54, 1.807) is 11.1 Å². The molecule has 4 aliphatic rings.